The van der Waals surface area contributed by atoms with Crippen molar-refractivity contribution in [3.63, 3.8) is 0 Å². The summed E-state index contributed by atoms with van der Waals surface area (Å²) in [5.74, 6) is -0.411. The Kier molecular flexibility index (Phi) is 4.53. The molecular formula is C19H18N6O. The fourth-order valence-electron chi connectivity index (χ4n) is 2.62. The summed E-state index contributed by atoms with van der Waals surface area (Å²) in [6.45, 7) is 0. The first-order valence-corrected chi connectivity index (χ1v) is 7.83. The van der Waals surface area contributed by atoms with Crippen LogP contribution in [0, 0.1) is 10.8 Å². The van der Waals surface area contributed by atoms with E-state index in [1.54, 1.807) is 30.3 Å². The molecule has 26 heavy (non-hydrogen) atoms. The Balaban J connectivity index is 1.85. The van der Waals surface area contributed by atoms with Crippen molar-refractivity contribution in [2.45, 2.75) is 0 Å². The monoisotopic (exact) mass is 346 g/mol. The van der Waals surface area contributed by atoms with Crippen LogP contribution in [0.2, 0.25) is 0 Å². The molecule has 0 aliphatic heterocycles. The first-order valence-electron chi connectivity index (χ1n) is 7.83. The summed E-state index contributed by atoms with van der Waals surface area (Å²) in [5, 5.41) is 22.0. The van der Waals surface area contributed by atoms with Gasteiger partial charge in [-0.2, -0.15) is 0 Å². The number of hydrogen-bond acceptors (Lipinski definition) is 3. The predicted octanol–water partition coefficient (Wildman–Crippen LogP) is 2.68. The number of fused-ring (bicyclic) bond motifs is 1. The minimum Gasteiger partial charge on any atom is -0.384 e. The minimum atomic E-state index is -0.248. The summed E-state index contributed by atoms with van der Waals surface area (Å²) in [5.41, 5.74) is 13.2. The molecule has 3 rings (SSSR count). The highest BCUT2D eigenvalue weighted by Crippen LogP contribution is 2.25. The molecular weight excluding hydrogens is 328 g/mol. The lowest BCUT2D eigenvalue weighted by molar-refractivity contribution is 0.102. The first kappa shape index (κ1) is 17.0. The van der Waals surface area contributed by atoms with Crippen molar-refractivity contribution < 1.29 is 4.79 Å². The van der Waals surface area contributed by atoms with Crippen LogP contribution in [0.3, 0.4) is 0 Å². The van der Waals surface area contributed by atoms with Crippen LogP contribution in [0.15, 0.2) is 60.7 Å². The Bertz CT molecular complexity index is 1010. The van der Waals surface area contributed by atoms with Crippen molar-refractivity contribution in [2.24, 2.45) is 11.5 Å². The van der Waals surface area contributed by atoms with Gasteiger partial charge in [0.05, 0.1) is 0 Å². The zero-order valence-corrected chi connectivity index (χ0v) is 13.8. The molecule has 0 aliphatic rings. The molecule has 0 atom stereocenters. The number of anilines is 2. The average molecular weight is 346 g/mol. The molecule has 0 saturated carbocycles. The second kappa shape index (κ2) is 6.94. The third-order valence-electron chi connectivity index (χ3n) is 3.87. The molecule has 0 saturated heterocycles. The number of amides is 1. The van der Waals surface area contributed by atoms with Crippen molar-refractivity contribution in [3.05, 3.63) is 71.8 Å². The Morgan fingerprint density at radius 2 is 1.54 bits per heavy atom. The van der Waals surface area contributed by atoms with E-state index in [4.69, 9.17) is 22.3 Å². The van der Waals surface area contributed by atoms with Crippen LogP contribution in [0.1, 0.15) is 15.9 Å². The smallest absolute Gasteiger partial charge is 0.255 e. The quantitative estimate of drug-likeness (QED) is 0.319. The van der Waals surface area contributed by atoms with Crippen molar-refractivity contribution >= 4 is 39.8 Å². The Morgan fingerprint density at radius 1 is 0.846 bits per heavy atom. The van der Waals surface area contributed by atoms with Crippen LogP contribution >= 0.6 is 0 Å². The summed E-state index contributed by atoms with van der Waals surface area (Å²) < 4.78 is 0. The fourth-order valence-corrected chi connectivity index (χ4v) is 2.62. The number of hydrogen-bond donors (Lipinski definition) is 6. The number of benzene rings is 3. The molecule has 0 spiro atoms. The number of rotatable bonds is 4. The van der Waals surface area contributed by atoms with Gasteiger partial charge in [0.2, 0.25) is 0 Å². The van der Waals surface area contributed by atoms with Gasteiger partial charge in [0.25, 0.3) is 5.91 Å². The zero-order valence-electron chi connectivity index (χ0n) is 13.8. The maximum Gasteiger partial charge on any atom is 0.255 e. The topological polar surface area (TPSA) is 141 Å². The summed E-state index contributed by atoms with van der Waals surface area (Å²) in [6, 6.07) is 17.6. The van der Waals surface area contributed by atoms with Gasteiger partial charge in [0, 0.05) is 27.9 Å². The molecule has 0 heterocycles. The van der Waals surface area contributed by atoms with Crippen LogP contribution in [-0.2, 0) is 0 Å². The number of carbonyl (C=O) groups excluding carboxylic acids is 1. The molecule has 0 radical (unpaired) electrons. The van der Waals surface area contributed by atoms with Gasteiger partial charge in [-0.05, 0) is 41.8 Å². The highest BCUT2D eigenvalue weighted by atomic mass is 16.1. The van der Waals surface area contributed by atoms with Crippen molar-refractivity contribution in [1.29, 1.82) is 10.8 Å². The van der Waals surface area contributed by atoms with Crippen LogP contribution in [0.5, 0.6) is 0 Å². The van der Waals surface area contributed by atoms with E-state index in [0.717, 1.165) is 10.8 Å². The maximum absolute atomic E-state index is 12.5. The maximum atomic E-state index is 12.5. The van der Waals surface area contributed by atoms with Gasteiger partial charge < -0.3 is 22.1 Å². The SMILES string of the molecule is N=C(N)Nc1ccc(C(=O)Nc2cccc3cc(C(=N)N)ccc23)cc1. The summed E-state index contributed by atoms with van der Waals surface area (Å²) in [4.78, 5) is 12.5. The Labute approximate surface area is 150 Å². The lowest BCUT2D eigenvalue weighted by Gasteiger charge is -2.10. The van der Waals surface area contributed by atoms with E-state index in [2.05, 4.69) is 10.6 Å². The zero-order chi connectivity index (χ0) is 18.7. The largest absolute Gasteiger partial charge is 0.384 e. The normalized spacial score (nSPS) is 10.3. The van der Waals surface area contributed by atoms with Crippen molar-refractivity contribution in [3.8, 4) is 0 Å². The van der Waals surface area contributed by atoms with E-state index < -0.39 is 0 Å². The minimum absolute atomic E-state index is 0.000554. The van der Waals surface area contributed by atoms with Crippen LogP contribution in [0.25, 0.3) is 10.8 Å². The van der Waals surface area contributed by atoms with Gasteiger partial charge in [-0.25, -0.2) is 0 Å². The standard InChI is InChI=1S/C19H18N6O/c20-17(21)13-6-9-15-12(10-13)2-1-3-16(15)25-18(26)11-4-7-14(8-5-11)24-19(22)23/h1-10H,(H3,20,21)(H,25,26)(H4,22,23,24). The molecule has 7 heteroatoms. The van der Waals surface area contributed by atoms with Crippen molar-refractivity contribution in [2.75, 3.05) is 10.6 Å². The van der Waals surface area contributed by atoms with Gasteiger partial charge >= 0.3 is 0 Å². The van der Waals surface area contributed by atoms with E-state index in [9.17, 15) is 4.79 Å². The van der Waals surface area contributed by atoms with Gasteiger partial charge in [0.15, 0.2) is 5.96 Å². The van der Waals surface area contributed by atoms with Gasteiger partial charge in [-0.15, -0.1) is 0 Å². The molecule has 0 fully saturated rings. The van der Waals surface area contributed by atoms with Crippen LogP contribution in [-0.4, -0.2) is 17.7 Å². The fraction of sp³-hybridized carbons (Fsp3) is 0. The summed E-state index contributed by atoms with van der Waals surface area (Å²) >= 11 is 0. The molecule has 3 aromatic rings. The highest BCUT2D eigenvalue weighted by Gasteiger charge is 2.09. The first-order chi connectivity index (χ1) is 12.4. The number of guanidine groups is 1. The number of amidine groups is 1. The van der Waals surface area contributed by atoms with E-state index >= 15 is 0 Å². The van der Waals surface area contributed by atoms with E-state index in [0.29, 0.717) is 22.5 Å². The van der Waals surface area contributed by atoms with E-state index in [1.807, 2.05) is 30.3 Å². The molecule has 7 nitrogen and oxygen atoms in total. The van der Waals surface area contributed by atoms with Crippen LogP contribution in [0.4, 0.5) is 11.4 Å². The summed E-state index contributed by atoms with van der Waals surface area (Å²) in [7, 11) is 0. The molecule has 0 aliphatic carbocycles. The van der Waals surface area contributed by atoms with Gasteiger partial charge in [0.1, 0.15) is 5.84 Å². The lowest BCUT2D eigenvalue weighted by atomic mass is 10.0. The molecule has 3 aromatic carbocycles. The van der Waals surface area contributed by atoms with Gasteiger partial charge in [-0.3, -0.25) is 15.6 Å². The van der Waals surface area contributed by atoms with Gasteiger partial charge in [-0.1, -0.05) is 24.3 Å². The third kappa shape index (κ3) is 3.62. The van der Waals surface area contributed by atoms with Crippen LogP contribution < -0.4 is 22.1 Å². The molecule has 8 N–H and O–H groups in total. The second-order valence-electron chi connectivity index (χ2n) is 5.73. The Morgan fingerprint density at radius 3 is 2.19 bits per heavy atom. The average Bonchev–Trinajstić information content (AvgIpc) is 2.61. The molecule has 0 unspecified atom stereocenters. The number of carbonyl (C=O) groups is 1. The third-order valence-corrected chi connectivity index (χ3v) is 3.87. The second-order valence-corrected chi connectivity index (χ2v) is 5.73. The Hall–Kier alpha value is -3.87. The van der Waals surface area contributed by atoms with E-state index in [-0.39, 0.29) is 17.7 Å². The number of nitrogens with one attached hydrogen (secondary N) is 4. The van der Waals surface area contributed by atoms with E-state index in [1.165, 1.54) is 0 Å². The molecule has 0 bridgehead atoms. The summed E-state index contributed by atoms with van der Waals surface area (Å²) in [6.07, 6.45) is 0. The molecule has 0 aromatic heterocycles. The number of nitrogen functional groups attached to an aromatic ring is 1. The predicted molar refractivity (Wildman–Crippen MR) is 105 cm³/mol. The highest BCUT2D eigenvalue weighted by molar-refractivity contribution is 6.10. The number of nitrogens with two attached hydrogens (primary N) is 2. The molecule has 130 valence electrons. The lowest BCUT2D eigenvalue weighted by Crippen LogP contribution is -2.20. The molecule has 1 amide bonds. The van der Waals surface area contributed by atoms with Crippen molar-refractivity contribution in [1.82, 2.24) is 0 Å².